The highest BCUT2D eigenvalue weighted by atomic mass is 16.2. The first-order valence-electron chi connectivity index (χ1n) is 13.6. The predicted octanol–water partition coefficient (Wildman–Crippen LogP) is 2.53. The van der Waals surface area contributed by atoms with E-state index in [4.69, 9.17) is 0 Å². The first-order valence-corrected chi connectivity index (χ1v) is 13.6. The molecule has 1 aromatic carbocycles. The van der Waals surface area contributed by atoms with Crippen LogP contribution in [0.1, 0.15) is 50.8 Å². The minimum absolute atomic E-state index is 0.0377. The summed E-state index contributed by atoms with van der Waals surface area (Å²) in [6.07, 6.45) is 6.43. The predicted molar refractivity (Wildman–Crippen MR) is 135 cm³/mol. The van der Waals surface area contributed by atoms with Gasteiger partial charge in [0.2, 0.25) is 11.8 Å². The molecule has 4 aliphatic rings. The zero-order valence-electron chi connectivity index (χ0n) is 20.8. The Kier molecular flexibility index (Phi) is 6.31. The highest BCUT2D eigenvalue weighted by Crippen LogP contribution is 2.38. The number of nitrogens with one attached hydrogen (secondary N) is 2. The van der Waals surface area contributed by atoms with E-state index in [1.165, 1.54) is 0 Å². The Balaban J connectivity index is 0.963. The summed E-state index contributed by atoms with van der Waals surface area (Å²) in [5.41, 5.74) is 1.92. The number of aromatic nitrogens is 2. The van der Waals surface area contributed by atoms with Gasteiger partial charge in [0.1, 0.15) is 5.82 Å². The van der Waals surface area contributed by atoms with Crippen LogP contribution < -0.4 is 5.32 Å². The molecule has 3 atom stereocenters. The average Bonchev–Trinajstić information content (AvgIpc) is 3.31. The van der Waals surface area contributed by atoms with Crippen molar-refractivity contribution in [1.82, 2.24) is 30.0 Å². The van der Waals surface area contributed by atoms with Crippen molar-refractivity contribution in [3.05, 3.63) is 30.1 Å². The Hall–Kier alpha value is -3.10. The summed E-state index contributed by atoms with van der Waals surface area (Å²) < 4.78 is 0. The maximum atomic E-state index is 13.3. The van der Waals surface area contributed by atoms with E-state index in [0.717, 1.165) is 68.6 Å². The van der Waals surface area contributed by atoms with E-state index in [0.29, 0.717) is 56.1 Å². The maximum Gasteiger partial charge on any atom is 0.320 e. The van der Waals surface area contributed by atoms with Crippen LogP contribution in [0.25, 0.3) is 11.0 Å². The number of para-hydroxylation sites is 2. The second-order valence-corrected chi connectivity index (χ2v) is 11.1. The molecule has 0 saturated carbocycles. The number of imidazole rings is 1. The molecule has 4 saturated heterocycles. The largest absolute Gasteiger partial charge is 0.353 e. The Morgan fingerprint density at radius 1 is 1.06 bits per heavy atom. The van der Waals surface area contributed by atoms with Crippen molar-refractivity contribution in [1.29, 1.82) is 0 Å². The summed E-state index contributed by atoms with van der Waals surface area (Å²) in [6.45, 7) is 3.68. The molecule has 2 bridgehead atoms. The first kappa shape index (κ1) is 23.3. The number of aryl methyl sites for hydroxylation is 1. The summed E-state index contributed by atoms with van der Waals surface area (Å²) in [4.78, 5) is 52.2. The summed E-state index contributed by atoms with van der Waals surface area (Å²) in [5, 5.41) is 3.16. The number of aromatic amines is 1. The smallest absolute Gasteiger partial charge is 0.320 e. The van der Waals surface area contributed by atoms with Crippen LogP contribution in [0.2, 0.25) is 0 Å². The van der Waals surface area contributed by atoms with Gasteiger partial charge in [-0.25, -0.2) is 9.78 Å². The van der Waals surface area contributed by atoms with Crippen molar-refractivity contribution >= 4 is 28.9 Å². The molecule has 4 amide bonds. The molecular formula is C27H36N6O3. The second kappa shape index (κ2) is 9.75. The number of piperidine rings is 4. The van der Waals surface area contributed by atoms with Gasteiger partial charge in [0, 0.05) is 64.1 Å². The monoisotopic (exact) mass is 492 g/mol. The number of carbonyl (C=O) groups is 3. The number of nitrogens with zero attached hydrogens (tertiary/aromatic N) is 4. The van der Waals surface area contributed by atoms with Crippen molar-refractivity contribution in [2.75, 3.05) is 32.7 Å². The molecule has 5 heterocycles. The summed E-state index contributed by atoms with van der Waals surface area (Å²) in [6, 6.07) is 8.44. The van der Waals surface area contributed by atoms with Gasteiger partial charge >= 0.3 is 6.03 Å². The number of benzene rings is 1. The van der Waals surface area contributed by atoms with E-state index in [1.54, 1.807) is 0 Å². The Morgan fingerprint density at radius 2 is 1.89 bits per heavy atom. The lowest BCUT2D eigenvalue weighted by atomic mass is 9.76. The van der Waals surface area contributed by atoms with E-state index in [2.05, 4.69) is 20.2 Å². The molecule has 1 aromatic heterocycles. The van der Waals surface area contributed by atoms with Gasteiger partial charge in [-0.3, -0.25) is 9.59 Å². The fourth-order valence-corrected chi connectivity index (χ4v) is 6.84. The molecule has 2 unspecified atom stereocenters. The maximum absolute atomic E-state index is 13.3. The first-order chi connectivity index (χ1) is 17.5. The molecule has 4 fully saturated rings. The molecule has 0 aliphatic carbocycles. The second-order valence-electron chi connectivity index (χ2n) is 11.1. The van der Waals surface area contributed by atoms with Crippen LogP contribution in [0.3, 0.4) is 0 Å². The van der Waals surface area contributed by atoms with E-state index in [9.17, 15) is 14.4 Å². The fourth-order valence-electron chi connectivity index (χ4n) is 6.84. The minimum atomic E-state index is 0.0377. The van der Waals surface area contributed by atoms with E-state index in [1.807, 2.05) is 34.1 Å². The number of rotatable bonds is 4. The molecule has 0 spiro atoms. The van der Waals surface area contributed by atoms with Crippen molar-refractivity contribution < 1.29 is 14.4 Å². The van der Waals surface area contributed by atoms with Crippen LogP contribution >= 0.6 is 0 Å². The van der Waals surface area contributed by atoms with Gasteiger partial charge in [-0.15, -0.1) is 0 Å². The third-order valence-corrected chi connectivity index (χ3v) is 8.61. The number of likely N-dealkylation sites (tertiary alicyclic amines) is 2. The third kappa shape index (κ3) is 4.67. The molecule has 36 heavy (non-hydrogen) atoms. The molecule has 4 aliphatic heterocycles. The van der Waals surface area contributed by atoms with Crippen LogP contribution in [-0.2, 0) is 16.0 Å². The molecule has 6 rings (SSSR count). The number of hydrogen-bond acceptors (Lipinski definition) is 4. The average molecular weight is 493 g/mol. The highest BCUT2D eigenvalue weighted by Gasteiger charge is 2.45. The van der Waals surface area contributed by atoms with Gasteiger partial charge in [-0.1, -0.05) is 12.1 Å². The topological polar surface area (TPSA) is 102 Å². The number of fused-ring (bicyclic) bond motifs is 5. The minimum Gasteiger partial charge on any atom is -0.353 e. The molecule has 9 heteroatoms. The molecule has 192 valence electrons. The summed E-state index contributed by atoms with van der Waals surface area (Å²) in [5.74, 6) is 1.99. The van der Waals surface area contributed by atoms with Crippen LogP contribution in [0.4, 0.5) is 4.79 Å². The van der Waals surface area contributed by atoms with Gasteiger partial charge in [0.05, 0.1) is 11.0 Å². The van der Waals surface area contributed by atoms with Gasteiger partial charge in [0.15, 0.2) is 0 Å². The normalized spacial score (nSPS) is 26.7. The van der Waals surface area contributed by atoms with Crippen LogP contribution in [-0.4, -0.2) is 87.3 Å². The third-order valence-electron chi connectivity index (χ3n) is 8.61. The molecule has 9 nitrogen and oxygen atoms in total. The lowest BCUT2D eigenvalue weighted by Gasteiger charge is -2.53. The zero-order valence-corrected chi connectivity index (χ0v) is 20.8. The van der Waals surface area contributed by atoms with Crippen molar-refractivity contribution in [2.45, 2.75) is 63.5 Å². The van der Waals surface area contributed by atoms with Crippen LogP contribution in [0, 0.1) is 11.8 Å². The number of urea groups is 1. The van der Waals surface area contributed by atoms with Crippen LogP contribution in [0.15, 0.2) is 24.3 Å². The number of H-pyrrole nitrogens is 1. The quantitative estimate of drug-likeness (QED) is 0.685. The number of hydrogen-bond donors (Lipinski definition) is 2. The fraction of sp³-hybridized carbons (Fsp3) is 0.630. The highest BCUT2D eigenvalue weighted by molar-refractivity contribution is 5.79. The SMILES string of the molecule is O=C(CCc1nc2ccccc2[nH]1)NC1CCN(C(=O)N2CC3CC(C2)[C@H]2CCCC(=O)N2C3)CC1. The molecule has 2 aromatic rings. The van der Waals surface area contributed by atoms with Crippen LogP contribution in [0.5, 0.6) is 0 Å². The van der Waals surface area contributed by atoms with Gasteiger partial charge in [-0.05, 0) is 56.1 Å². The Bertz CT molecular complexity index is 1110. The van der Waals surface area contributed by atoms with Gasteiger partial charge < -0.3 is 25.0 Å². The standard InChI is InChI=1S/C27H36N6O3/c34-25(9-8-24-29-21-4-1-2-5-22(21)30-24)28-20-10-12-31(13-11-20)27(36)32-15-18-14-19(17-32)23-6-3-7-26(35)33(23)16-18/h1-2,4-5,18-20,23H,3,6-17H2,(H,28,34)(H,29,30)/t18?,19?,23-/m1/s1. The Labute approximate surface area is 211 Å². The zero-order chi connectivity index (χ0) is 24.6. The number of carbonyl (C=O) groups excluding carboxylic acids is 3. The van der Waals surface area contributed by atoms with E-state index >= 15 is 0 Å². The summed E-state index contributed by atoms with van der Waals surface area (Å²) in [7, 11) is 0. The van der Waals surface area contributed by atoms with Crippen molar-refractivity contribution in [3.8, 4) is 0 Å². The van der Waals surface area contributed by atoms with Gasteiger partial charge in [0.25, 0.3) is 0 Å². The van der Waals surface area contributed by atoms with E-state index < -0.39 is 0 Å². The van der Waals surface area contributed by atoms with Gasteiger partial charge in [-0.2, -0.15) is 0 Å². The summed E-state index contributed by atoms with van der Waals surface area (Å²) >= 11 is 0. The van der Waals surface area contributed by atoms with E-state index in [-0.39, 0.29) is 18.0 Å². The molecule has 2 N–H and O–H groups in total. The molecule has 0 radical (unpaired) electrons. The lowest BCUT2D eigenvalue weighted by Crippen LogP contribution is -2.62. The van der Waals surface area contributed by atoms with Crippen molar-refractivity contribution in [2.24, 2.45) is 11.8 Å². The molecular weight excluding hydrogens is 456 g/mol. The number of amides is 4. The Morgan fingerprint density at radius 3 is 2.72 bits per heavy atom. The lowest BCUT2D eigenvalue weighted by molar-refractivity contribution is -0.144. The van der Waals surface area contributed by atoms with Crippen molar-refractivity contribution in [3.63, 3.8) is 0 Å².